The Labute approximate surface area is 114 Å². The van der Waals surface area contributed by atoms with E-state index in [1.165, 1.54) is 29.5 Å². The summed E-state index contributed by atoms with van der Waals surface area (Å²) < 4.78 is 1.88. The van der Waals surface area contributed by atoms with Gasteiger partial charge in [-0.3, -0.25) is 4.68 Å². The van der Waals surface area contributed by atoms with Crippen molar-refractivity contribution in [3.05, 3.63) is 53.3 Å². The molecule has 3 heteroatoms. The van der Waals surface area contributed by atoms with Gasteiger partial charge in [0.15, 0.2) is 0 Å². The molecule has 0 aliphatic heterocycles. The minimum Gasteiger partial charge on any atom is -0.316 e. The minimum atomic E-state index is 0.525. The summed E-state index contributed by atoms with van der Waals surface area (Å²) >= 11 is 0. The van der Waals surface area contributed by atoms with Crippen LogP contribution in [0.5, 0.6) is 0 Å². The van der Waals surface area contributed by atoms with Crippen LogP contribution < -0.4 is 5.32 Å². The number of likely N-dealkylation sites (N-methyl/N-ethyl adjacent to an activating group) is 1. The van der Waals surface area contributed by atoms with E-state index in [4.69, 9.17) is 0 Å². The van der Waals surface area contributed by atoms with Crippen LogP contribution in [0.15, 0.2) is 36.7 Å². The number of nitrogens with zero attached hydrogens (tertiary/aromatic N) is 2. The summed E-state index contributed by atoms with van der Waals surface area (Å²) in [6, 6.07) is 9.36. The van der Waals surface area contributed by atoms with Crippen molar-refractivity contribution >= 4 is 0 Å². The second-order valence-corrected chi connectivity index (χ2v) is 5.56. The lowest BCUT2D eigenvalue weighted by molar-refractivity contribution is 0.383. The molecule has 1 aliphatic rings. The van der Waals surface area contributed by atoms with Crippen molar-refractivity contribution in [3.63, 3.8) is 0 Å². The summed E-state index contributed by atoms with van der Waals surface area (Å²) in [5, 5.41) is 7.76. The van der Waals surface area contributed by atoms with E-state index in [9.17, 15) is 0 Å². The molecule has 1 heterocycles. The molecule has 0 saturated carbocycles. The van der Waals surface area contributed by atoms with Gasteiger partial charge in [-0.05, 0) is 48.9 Å². The number of aryl methyl sites for hydroxylation is 1. The van der Waals surface area contributed by atoms with Crippen LogP contribution in [-0.4, -0.2) is 22.9 Å². The highest BCUT2D eigenvalue weighted by molar-refractivity contribution is 5.32. The number of aromatic nitrogens is 2. The lowest BCUT2D eigenvalue weighted by Crippen LogP contribution is -2.36. The number of fused-ring (bicyclic) bond motifs is 1. The first-order valence-corrected chi connectivity index (χ1v) is 6.98. The van der Waals surface area contributed by atoms with Gasteiger partial charge in [0.1, 0.15) is 0 Å². The van der Waals surface area contributed by atoms with Crippen molar-refractivity contribution in [2.45, 2.75) is 25.3 Å². The molecule has 1 atom stereocenters. The van der Waals surface area contributed by atoms with Crippen LogP contribution >= 0.6 is 0 Å². The van der Waals surface area contributed by atoms with E-state index < -0.39 is 0 Å². The zero-order valence-corrected chi connectivity index (χ0v) is 11.6. The average Bonchev–Trinajstić information content (AvgIpc) is 3.01. The lowest BCUT2D eigenvalue weighted by Gasteiger charge is -2.22. The molecule has 1 aromatic carbocycles. The molecular weight excluding hydrogens is 234 g/mol. The third kappa shape index (κ3) is 2.56. The van der Waals surface area contributed by atoms with E-state index in [1.807, 2.05) is 17.9 Å². The fraction of sp³-hybridized carbons (Fsp3) is 0.438. The molecule has 100 valence electrons. The smallest absolute Gasteiger partial charge is 0.0522 e. The predicted molar refractivity (Wildman–Crippen MR) is 77.1 cm³/mol. The van der Waals surface area contributed by atoms with Crippen molar-refractivity contribution in [1.29, 1.82) is 0 Å². The summed E-state index contributed by atoms with van der Waals surface area (Å²) in [7, 11) is 4.05. The summed E-state index contributed by atoms with van der Waals surface area (Å²) in [6.45, 7) is 0. The van der Waals surface area contributed by atoms with E-state index in [0.717, 1.165) is 6.42 Å². The maximum atomic E-state index is 4.26. The van der Waals surface area contributed by atoms with E-state index in [-0.39, 0.29) is 0 Å². The first kappa shape index (κ1) is 12.4. The standard InChI is InChI=1S/C16H21N3/c1-17-16(7-12-10-18-19(2)11-12)15-8-13-5-3-4-6-14(13)9-15/h3-6,10-11,15-17H,7-9H2,1-2H3. The Bertz CT molecular complexity index is 534. The molecular formula is C16H21N3. The molecule has 3 rings (SSSR count). The van der Waals surface area contributed by atoms with Crippen molar-refractivity contribution in [2.24, 2.45) is 13.0 Å². The summed E-state index contributed by atoms with van der Waals surface area (Å²) in [5.74, 6) is 0.697. The topological polar surface area (TPSA) is 29.9 Å². The second kappa shape index (κ2) is 5.17. The summed E-state index contributed by atoms with van der Waals surface area (Å²) in [5.41, 5.74) is 4.37. The Morgan fingerprint density at radius 3 is 2.53 bits per heavy atom. The third-order valence-corrected chi connectivity index (χ3v) is 4.24. The van der Waals surface area contributed by atoms with E-state index in [2.05, 4.69) is 47.9 Å². The molecule has 1 unspecified atom stereocenters. The highest BCUT2D eigenvalue weighted by Crippen LogP contribution is 2.29. The first-order valence-electron chi connectivity index (χ1n) is 6.98. The van der Waals surface area contributed by atoms with Gasteiger partial charge in [0.05, 0.1) is 6.20 Å². The number of benzene rings is 1. The van der Waals surface area contributed by atoms with Gasteiger partial charge in [-0.2, -0.15) is 5.10 Å². The molecule has 0 fully saturated rings. The number of hydrogen-bond donors (Lipinski definition) is 1. The van der Waals surface area contributed by atoms with Crippen LogP contribution in [0.2, 0.25) is 0 Å². The average molecular weight is 255 g/mol. The van der Waals surface area contributed by atoms with E-state index >= 15 is 0 Å². The van der Waals surface area contributed by atoms with Crippen LogP contribution in [-0.2, 0) is 26.3 Å². The van der Waals surface area contributed by atoms with Crippen molar-refractivity contribution < 1.29 is 0 Å². The monoisotopic (exact) mass is 255 g/mol. The van der Waals surface area contributed by atoms with Crippen LogP contribution in [0.1, 0.15) is 16.7 Å². The molecule has 3 nitrogen and oxygen atoms in total. The van der Waals surface area contributed by atoms with Crippen LogP contribution in [0, 0.1) is 5.92 Å². The van der Waals surface area contributed by atoms with Gasteiger partial charge in [0, 0.05) is 19.3 Å². The van der Waals surface area contributed by atoms with Gasteiger partial charge in [-0.25, -0.2) is 0 Å². The first-order chi connectivity index (χ1) is 9.26. The molecule has 0 saturated heterocycles. The van der Waals surface area contributed by atoms with Crippen molar-refractivity contribution in [3.8, 4) is 0 Å². The Kier molecular flexibility index (Phi) is 3.38. The molecule has 1 aromatic heterocycles. The predicted octanol–water partition coefficient (Wildman–Crippen LogP) is 1.97. The largest absolute Gasteiger partial charge is 0.316 e. The zero-order chi connectivity index (χ0) is 13.2. The third-order valence-electron chi connectivity index (χ3n) is 4.24. The molecule has 0 radical (unpaired) electrons. The Morgan fingerprint density at radius 2 is 2.00 bits per heavy atom. The molecule has 0 bridgehead atoms. The minimum absolute atomic E-state index is 0.525. The maximum Gasteiger partial charge on any atom is 0.0522 e. The number of hydrogen-bond acceptors (Lipinski definition) is 2. The van der Waals surface area contributed by atoms with Crippen molar-refractivity contribution in [1.82, 2.24) is 15.1 Å². The van der Waals surface area contributed by atoms with Gasteiger partial charge < -0.3 is 5.32 Å². The number of nitrogens with one attached hydrogen (secondary N) is 1. The van der Waals surface area contributed by atoms with E-state index in [0.29, 0.717) is 12.0 Å². The Balaban J connectivity index is 1.71. The highest BCUT2D eigenvalue weighted by Gasteiger charge is 2.27. The zero-order valence-electron chi connectivity index (χ0n) is 11.6. The molecule has 0 spiro atoms. The van der Waals surface area contributed by atoms with Gasteiger partial charge in [0.25, 0.3) is 0 Å². The van der Waals surface area contributed by atoms with Gasteiger partial charge in [0.2, 0.25) is 0 Å². The summed E-state index contributed by atoms with van der Waals surface area (Å²) in [4.78, 5) is 0. The Hall–Kier alpha value is -1.61. The van der Waals surface area contributed by atoms with Crippen LogP contribution in [0.4, 0.5) is 0 Å². The van der Waals surface area contributed by atoms with Crippen LogP contribution in [0.3, 0.4) is 0 Å². The molecule has 1 N–H and O–H groups in total. The molecule has 1 aliphatic carbocycles. The molecule has 19 heavy (non-hydrogen) atoms. The van der Waals surface area contributed by atoms with Gasteiger partial charge >= 0.3 is 0 Å². The highest BCUT2D eigenvalue weighted by atomic mass is 15.2. The normalized spacial score (nSPS) is 16.5. The van der Waals surface area contributed by atoms with E-state index in [1.54, 1.807) is 0 Å². The van der Waals surface area contributed by atoms with Gasteiger partial charge in [-0.15, -0.1) is 0 Å². The Morgan fingerprint density at radius 1 is 1.32 bits per heavy atom. The second-order valence-electron chi connectivity index (χ2n) is 5.56. The fourth-order valence-electron chi connectivity index (χ4n) is 3.21. The molecule has 0 amide bonds. The number of rotatable bonds is 4. The quantitative estimate of drug-likeness (QED) is 0.905. The van der Waals surface area contributed by atoms with Gasteiger partial charge in [-0.1, -0.05) is 24.3 Å². The lowest BCUT2D eigenvalue weighted by atomic mass is 9.92. The molecule has 2 aromatic rings. The fourth-order valence-corrected chi connectivity index (χ4v) is 3.21. The summed E-state index contributed by atoms with van der Waals surface area (Å²) in [6.07, 6.45) is 7.55. The van der Waals surface area contributed by atoms with Crippen molar-refractivity contribution in [2.75, 3.05) is 7.05 Å². The SMILES string of the molecule is CNC(Cc1cnn(C)c1)C1Cc2ccccc2C1. The maximum absolute atomic E-state index is 4.26. The van der Waals surface area contributed by atoms with Crippen LogP contribution in [0.25, 0.3) is 0 Å².